The predicted molar refractivity (Wildman–Crippen MR) is 154 cm³/mol. The number of ketones is 1. The molecule has 0 saturated carbocycles. The molecule has 5 rings (SSSR count). The number of ether oxygens (including phenoxy) is 1. The fraction of sp³-hybridized carbons (Fsp3) is 0.0882. The Morgan fingerprint density at radius 3 is 1.97 bits per heavy atom. The molecule has 0 aromatic heterocycles. The summed E-state index contributed by atoms with van der Waals surface area (Å²) < 4.78 is 5.39. The number of hydrogen-bond acceptors (Lipinski definition) is 3. The molecular weight excluding hydrogens is 454 g/mol. The summed E-state index contributed by atoms with van der Waals surface area (Å²) in [4.78, 5) is 14.6. The number of anilines is 3. The quantitative estimate of drug-likeness (QED) is 0.171. The summed E-state index contributed by atoms with van der Waals surface area (Å²) in [5, 5.41) is 2.16. The first-order valence-corrected chi connectivity index (χ1v) is 12.4. The molecule has 0 aliphatic heterocycles. The number of carbonyl (C=O) groups excluding carboxylic acids is 1. The molecule has 5 aromatic rings. The number of fused-ring (bicyclic) bond motifs is 1. The zero-order valence-electron chi connectivity index (χ0n) is 21.3. The van der Waals surface area contributed by atoms with E-state index in [9.17, 15) is 4.79 Å². The molecule has 0 amide bonds. The van der Waals surface area contributed by atoms with Gasteiger partial charge in [0.25, 0.3) is 0 Å². The number of para-hydroxylation sites is 2. The van der Waals surface area contributed by atoms with Crippen LogP contribution in [0.3, 0.4) is 0 Å². The SMILES string of the molecule is CO/C(C)=C(\C(C)=O)c1ccc2cc(N(c3ccccc3)c3ccccc3-c3ccccc3)ccc2c1. The summed E-state index contributed by atoms with van der Waals surface area (Å²) in [6.45, 7) is 3.40. The number of methoxy groups -OCH3 is 1. The van der Waals surface area contributed by atoms with Gasteiger partial charge < -0.3 is 9.64 Å². The Labute approximate surface area is 218 Å². The Bertz CT molecular complexity index is 1590. The van der Waals surface area contributed by atoms with E-state index in [1.165, 1.54) is 5.56 Å². The second-order valence-electron chi connectivity index (χ2n) is 8.99. The number of rotatable bonds is 7. The smallest absolute Gasteiger partial charge is 0.163 e. The van der Waals surface area contributed by atoms with Crippen LogP contribution in [0.2, 0.25) is 0 Å². The first-order chi connectivity index (χ1) is 18.1. The topological polar surface area (TPSA) is 29.5 Å². The fourth-order valence-electron chi connectivity index (χ4n) is 4.82. The van der Waals surface area contributed by atoms with Gasteiger partial charge in [-0.25, -0.2) is 0 Å². The Hall–Kier alpha value is -4.63. The first kappa shape index (κ1) is 24.1. The Balaban J connectivity index is 1.66. The van der Waals surface area contributed by atoms with Crippen LogP contribution in [-0.4, -0.2) is 12.9 Å². The van der Waals surface area contributed by atoms with Crippen LogP contribution in [0.15, 0.2) is 127 Å². The zero-order valence-corrected chi connectivity index (χ0v) is 21.3. The maximum atomic E-state index is 12.3. The van der Waals surface area contributed by atoms with E-state index < -0.39 is 0 Å². The maximum absolute atomic E-state index is 12.3. The highest BCUT2D eigenvalue weighted by atomic mass is 16.5. The van der Waals surface area contributed by atoms with Crippen LogP contribution in [-0.2, 0) is 9.53 Å². The predicted octanol–water partition coefficient (Wildman–Crippen LogP) is 8.94. The average Bonchev–Trinajstić information content (AvgIpc) is 2.94. The van der Waals surface area contributed by atoms with E-state index in [0.29, 0.717) is 11.3 Å². The summed E-state index contributed by atoms with van der Waals surface area (Å²) >= 11 is 0. The fourth-order valence-corrected chi connectivity index (χ4v) is 4.82. The minimum absolute atomic E-state index is 0.0110. The van der Waals surface area contributed by atoms with E-state index in [1.807, 2.05) is 25.1 Å². The van der Waals surface area contributed by atoms with Crippen molar-refractivity contribution < 1.29 is 9.53 Å². The molecule has 0 aliphatic carbocycles. The molecule has 0 saturated heterocycles. The third-order valence-electron chi connectivity index (χ3n) is 6.63. The van der Waals surface area contributed by atoms with Crippen molar-refractivity contribution in [1.29, 1.82) is 0 Å². The van der Waals surface area contributed by atoms with Crippen molar-refractivity contribution in [1.82, 2.24) is 0 Å². The van der Waals surface area contributed by atoms with Gasteiger partial charge in [0.1, 0.15) is 5.76 Å². The molecule has 0 atom stereocenters. The van der Waals surface area contributed by atoms with Crippen molar-refractivity contribution in [3.63, 3.8) is 0 Å². The minimum Gasteiger partial charge on any atom is -0.501 e. The van der Waals surface area contributed by atoms with E-state index in [1.54, 1.807) is 14.0 Å². The molecule has 37 heavy (non-hydrogen) atoms. The number of hydrogen-bond donors (Lipinski definition) is 0. The summed E-state index contributed by atoms with van der Waals surface area (Å²) in [6.07, 6.45) is 0. The van der Waals surface area contributed by atoms with Crippen LogP contribution in [0.5, 0.6) is 0 Å². The number of Topliss-reactive ketones (excluding diaryl/α,β-unsaturated/α-hetero) is 1. The van der Waals surface area contributed by atoms with Crippen molar-refractivity contribution in [3.8, 4) is 11.1 Å². The van der Waals surface area contributed by atoms with Gasteiger partial charge in [-0.15, -0.1) is 0 Å². The maximum Gasteiger partial charge on any atom is 0.163 e. The summed E-state index contributed by atoms with van der Waals surface area (Å²) in [5.74, 6) is 0.610. The van der Waals surface area contributed by atoms with E-state index in [4.69, 9.17) is 4.74 Å². The molecule has 0 radical (unpaired) electrons. The molecule has 0 fully saturated rings. The van der Waals surface area contributed by atoms with Crippen molar-refractivity contribution in [2.24, 2.45) is 0 Å². The van der Waals surface area contributed by atoms with Gasteiger partial charge in [-0.1, -0.05) is 84.9 Å². The van der Waals surface area contributed by atoms with Gasteiger partial charge in [0.2, 0.25) is 0 Å². The van der Waals surface area contributed by atoms with Crippen molar-refractivity contribution in [2.75, 3.05) is 12.0 Å². The van der Waals surface area contributed by atoms with E-state index >= 15 is 0 Å². The van der Waals surface area contributed by atoms with Crippen LogP contribution in [0.1, 0.15) is 19.4 Å². The second-order valence-corrected chi connectivity index (χ2v) is 8.99. The monoisotopic (exact) mass is 483 g/mol. The van der Waals surface area contributed by atoms with Crippen molar-refractivity contribution in [2.45, 2.75) is 13.8 Å². The highest BCUT2D eigenvalue weighted by Crippen LogP contribution is 2.41. The third kappa shape index (κ3) is 4.89. The highest BCUT2D eigenvalue weighted by Gasteiger charge is 2.18. The Kier molecular flexibility index (Phi) is 6.87. The Morgan fingerprint density at radius 1 is 0.649 bits per heavy atom. The van der Waals surface area contributed by atoms with E-state index in [2.05, 4.69) is 108 Å². The number of allylic oxidation sites excluding steroid dienone is 2. The summed E-state index contributed by atoms with van der Waals surface area (Å²) in [6, 6.07) is 42.0. The lowest BCUT2D eigenvalue weighted by Crippen LogP contribution is -2.11. The Morgan fingerprint density at radius 2 is 1.27 bits per heavy atom. The molecule has 0 bridgehead atoms. The highest BCUT2D eigenvalue weighted by molar-refractivity contribution is 6.20. The molecule has 0 N–H and O–H groups in total. The molecule has 0 unspecified atom stereocenters. The van der Waals surface area contributed by atoms with Gasteiger partial charge in [0.15, 0.2) is 5.78 Å². The average molecular weight is 484 g/mol. The van der Waals surface area contributed by atoms with Gasteiger partial charge >= 0.3 is 0 Å². The largest absolute Gasteiger partial charge is 0.501 e. The third-order valence-corrected chi connectivity index (χ3v) is 6.63. The molecule has 3 nitrogen and oxygen atoms in total. The second kappa shape index (κ2) is 10.5. The molecule has 0 heterocycles. The minimum atomic E-state index is -0.0110. The number of nitrogens with zero attached hydrogens (tertiary/aromatic N) is 1. The van der Waals surface area contributed by atoms with Crippen LogP contribution in [0.25, 0.3) is 27.5 Å². The van der Waals surface area contributed by atoms with Crippen LogP contribution >= 0.6 is 0 Å². The standard InChI is InChI=1S/C34H29NO2/c1-24(36)34(25(2)37-3)29-19-18-28-23-31(21-20-27(28)22-29)35(30-14-8-5-9-15-30)33-17-11-10-16-32(33)26-12-6-4-7-13-26/h4-23H,1-3H3/b34-25+. The molecule has 182 valence electrons. The van der Waals surface area contributed by atoms with E-state index in [-0.39, 0.29) is 5.78 Å². The van der Waals surface area contributed by atoms with E-state index in [0.717, 1.165) is 39.0 Å². The van der Waals surface area contributed by atoms with Gasteiger partial charge in [-0.05, 0) is 72.1 Å². The molecule has 3 heteroatoms. The van der Waals surface area contributed by atoms with Gasteiger partial charge in [0.05, 0.1) is 18.4 Å². The molecular formula is C34H29NO2. The lowest BCUT2D eigenvalue weighted by Gasteiger charge is -2.28. The number of carbonyl (C=O) groups is 1. The van der Waals surface area contributed by atoms with Crippen LogP contribution in [0, 0.1) is 0 Å². The summed E-state index contributed by atoms with van der Waals surface area (Å²) in [7, 11) is 1.59. The van der Waals surface area contributed by atoms with Gasteiger partial charge in [0, 0.05) is 16.9 Å². The lowest BCUT2D eigenvalue weighted by molar-refractivity contribution is -0.111. The van der Waals surface area contributed by atoms with Gasteiger partial charge in [-0.2, -0.15) is 0 Å². The normalized spacial score (nSPS) is 11.6. The first-order valence-electron chi connectivity index (χ1n) is 12.4. The molecule has 5 aromatic carbocycles. The molecule has 0 spiro atoms. The van der Waals surface area contributed by atoms with Crippen molar-refractivity contribution in [3.05, 3.63) is 133 Å². The van der Waals surface area contributed by atoms with Gasteiger partial charge in [-0.3, -0.25) is 4.79 Å². The van der Waals surface area contributed by atoms with Crippen LogP contribution < -0.4 is 4.90 Å². The van der Waals surface area contributed by atoms with Crippen molar-refractivity contribution >= 4 is 39.2 Å². The molecule has 0 aliphatic rings. The van der Waals surface area contributed by atoms with Crippen LogP contribution in [0.4, 0.5) is 17.1 Å². The number of benzene rings is 5. The zero-order chi connectivity index (χ0) is 25.8. The summed E-state index contributed by atoms with van der Waals surface area (Å²) in [5.41, 5.74) is 7.05. The lowest BCUT2D eigenvalue weighted by atomic mass is 9.97.